The maximum Gasteiger partial charge on any atom is 3.00 e. The molecule has 7 heteroatoms. The van der Waals surface area contributed by atoms with Crippen molar-refractivity contribution in [1.29, 1.82) is 0 Å². The Morgan fingerprint density at radius 3 is 1.69 bits per heavy atom. The second-order valence-corrected chi connectivity index (χ2v) is 2.62. The topological polar surface area (TPSA) is 120 Å². The Bertz CT molecular complexity index is 453. The second kappa shape index (κ2) is 5.30. The van der Waals surface area contributed by atoms with E-state index in [0.717, 1.165) is 12.1 Å². The Morgan fingerprint density at radius 2 is 1.31 bits per heavy atom. The van der Waals surface area contributed by atoms with Gasteiger partial charge in [0.2, 0.25) is 0 Å². The zero-order valence-electron chi connectivity index (χ0n) is 7.59. The van der Waals surface area contributed by atoms with E-state index in [1.54, 1.807) is 0 Å². The molecule has 0 amide bonds. The maximum absolute atomic E-state index is 10.5. The predicted octanol–water partition coefficient (Wildman–Crippen LogP) is -3.23. The molecule has 0 saturated heterocycles. The summed E-state index contributed by atoms with van der Waals surface area (Å²) in [7, 11) is 0. The monoisotopic (exact) mass is 259 g/mol. The molecule has 1 rings (SSSR count). The Labute approximate surface area is 100 Å². The molecule has 1 radical (unpaired) electrons. The minimum absolute atomic E-state index is 0. The quantitative estimate of drug-likeness (QED) is 0.562. The first kappa shape index (κ1) is 14.2. The van der Waals surface area contributed by atoms with Crippen LogP contribution < -0.4 is 15.3 Å². The van der Waals surface area contributed by atoms with Crippen molar-refractivity contribution in [3.8, 4) is 0 Å². The van der Waals surface area contributed by atoms with Crippen LogP contribution in [0.3, 0.4) is 0 Å². The third kappa shape index (κ3) is 2.82. The summed E-state index contributed by atoms with van der Waals surface area (Å²) in [4.78, 5) is 31.3. The molecule has 0 aliphatic rings. The molecule has 0 heterocycles. The average molecular weight is 259 g/mol. The fourth-order valence-electron chi connectivity index (χ4n) is 1.02. The number of hydrogen-bond donors (Lipinski definition) is 0. The van der Waals surface area contributed by atoms with Gasteiger partial charge in [0.05, 0.1) is 17.9 Å². The van der Waals surface area contributed by atoms with Crippen LogP contribution in [0.5, 0.6) is 0 Å². The third-order valence-corrected chi connectivity index (χ3v) is 1.70. The molecule has 0 N–H and O–H groups in total. The number of carbonyl (C=O) groups excluding carboxylic acids is 3. The summed E-state index contributed by atoms with van der Waals surface area (Å²) < 4.78 is 0. The minimum Gasteiger partial charge on any atom is -0.545 e. The maximum atomic E-state index is 10.5. The van der Waals surface area contributed by atoms with Crippen LogP contribution in [0.25, 0.3) is 0 Å². The number of benzene rings is 1. The third-order valence-electron chi connectivity index (χ3n) is 1.70. The van der Waals surface area contributed by atoms with Gasteiger partial charge in [-0.2, -0.15) is 0 Å². The molecule has 0 aliphatic carbocycles. The molecule has 0 atom stereocenters. The largest absolute Gasteiger partial charge is 3.00 e. The molecule has 0 saturated carbocycles. The normalized spacial score (nSPS) is 9.00. The number of rotatable bonds is 3. The Kier molecular flexibility index (Phi) is 4.69. The molecular formula is C9H3CrO6. The van der Waals surface area contributed by atoms with Crippen molar-refractivity contribution in [3.05, 3.63) is 34.9 Å². The smallest absolute Gasteiger partial charge is 0.545 e. The van der Waals surface area contributed by atoms with Crippen molar-refractivity contribution >= 4 is 17.9 Å². The van der Waals surface area contributed by atoms with Crippen molar-refractivity contribution in [2.24, 2.45) is 0 Å². The number of aromatic carboxylic acids is 3. The van der Waals surface area contributed by atoms with Gasteiger partial charge in [-0.1, -0.05) is 12.1 Å². The summed E-state index contributed by atoms with van der Waals surface area (Å²) in [6.07, 6.45) is 0. The molecule has 0 bridgehead atoms. The van der Waals surface area contributed by atoms with Crippen LogP contribution in [-0.4, -0.2) is 17.9 Å². The van der Waals surface area contributed by atoms with Crippen LogP contribution in [-0.2, 0) is 17.4 Å². The molecule has 1 aromatic rings. The van der Waals surface area contributed by atoms with Crippen molar-refractivity contribution in [3.63, 3.8) is 0 Å². The predicted molar refractivity (Wildman–Crippen MR) is 39.4 cm³/mol. The summed E-state index contributed by atoms with van der Waals surface area (Å²) >= 11 is 0. The average Bonchev–Trinajstić information content (AvgIpc) is 2.16. The van der Waals surface area contributed by atoms with Crippen molar-refractivity contribution in [2.45, 2.75) is 0 Å². The number of hydrogen-bond acceptors (Lipinski definition) is 6. The molecule has 0 aliphatic heterocycles. The molecule has 0 aromatic heterocycles. The second-order valence-electron chi connectivity index (χ2n) is 2.62. The van der Waals surface area contributed by atoms with Crippen LogP contribution >= 0.6 is 0 Å². The van der Waals surface area contributed by atoms with Crippen LogP contribution in [0.1, 0.15) is 31.1 Å². The zero-order valence-corrected chi connectivity index (χ0v) is 8.86. The first-order valence-electron chi connectivity index (χ1n) is 3.71. The molecular weight excluding hydrogens is 256 g/mol. The minimum atomic E-state index is -1.79. The summed E-state index contributed by atoms with van der Waals surface area (Å²) in [5, 5.41) is 31.3. The van der Waals surface area contributed by atoms with Crippen LogP contribution in [0.2, 0.25) is 0 Å². The van der Waals surface area contributed by atoms with Gasteiger partial charge in [0.1, 0.15) is 0 Å². The van der Waals surface area contributed by atoms with E-state index in [0.29, 0.717) is 6.07 Å². The van der Waals surface area contributed by atoms with E-state index in [2.05, 4.69) is 0 Å². The van der Waals surface area contributed by atoms with E-state index in [-0.39, 0.29) is 17.4 Å². The van der Waals surface area contributed by atoms with Crippen LogP contribution in [0.4, 0.5) is 0 Å². The van der Waals surface area contributed by atoms with Gasteiger partial charge in [-0.15, -0.1) is 0 Å². The molecule has 0 spiro atoms. The van der Waals surface area contributed by atoms with Gasteiger partial charge in [-0.3, -0.25) is 0 Å². The van der Waals surface area contributed by atoms with Crippen molar-refractivity contribution in [2.75, 3.05) is 0 Å². The molecule has 0 unspecified atom stereocenters. The Balaban J connectivity index is 0.00000225. The molecule has 1 aromatic carbocycles. The Hall–Kier alpha value is -1.84. The van der Waals surface area contributed by atoms with Crippen LogP contribution in [0, 0.1) is 0 Å². The molecule has 0 fully saturated rings. The van der Waals surface area contributed by atoms with Crippen LogP contribution in [0.15, 0.2) is 18.2 Å². The van der Waals surface area contributed by atoms with Gasteiger partial charge in [-0.05, 0) is 11.6 Å². The molecule has 6 nitrogen and oxygen atoms in total. The number of carboxylic acid groups (broad SMARTS) is 3. The van der Waals surface area contributed by atoms with E-state index < -0.39 is 34.6 Å². The standard InChI is InChI=1S/C9H6O6.Cr/c10-7(11)4-1-2-5(8(12)13)6(3-4)9(14)15;/h1-3H,(H,10,11)(H,12,13)(H,14,15);/q;+3/p-3. The summed E-state index contributed by atoms with van der Waals surface area (Å²) in [6.45, 7) is 0. The number of carbonyl (C=O) groups is 3. The first-order chi connectivity index (χ1) is 6.93. The van der Waals surface area contributed by atoms with E-state index in [1.807, 2.05) is 0 Å². The summed E-state index contributed by atoms with van der Waals surface area (Å²) in [6, 6.07) is 2.37. The van der Waals surface area contributed by atoms with Crippen molar-refractivity contribution in [1.82, 2.24) is 0 Å². The van der Waals surface area contributed by atoms with E-state index in [9.17, 15) is 29.7 Å². The van der Waals surface area contributed by atoms with Gasteiger partial charge in [0, 0.05) is 11.1 Å². The number of carboxylic acids is 3. The summed E-state index contributed by atoms with van der Waals surface area (Å²) in [5.41, 5.74) is -1.84. The van der Waals surface area contributed by atoms with E-state index >= 15 is 0 Å². The molecule has 81 valence electrons. The van der Waals surface area contributed by atoms with Gasteiger partial charge in [-0.25, -0.2) is 0 Å². The van der Waals surface area contributed by atoms with Gasteiger partial charge in [0.15, 0.2) is 0 Å². The van der Waals surface area contributed by atoms with Gasteiger partial charge >= 0.3 is 17.4 Å². The Morgan fingerprint density at radius 1 is 0.812 bits per heavy atom. The molecule has 16 heavy (non-hydrogen) atoms. The van der Waals surface area contributed by atoms with E-state index in [1.165, 1.54) is 0 Å². The fourth-order valence-corrected chi connectivity index (χ4v) is 1.02. The SMILES string of the molecule is O=C([O-])c1ccc(C(=O)[O-])c(C(=O)[O-])c1.[Cr+3]. The van der Waals surface area contributed by atoms with Gasteiger partial charge in [0.25, 0.3) is 0 Å². The fraction of sp³-hybridized carbons (Fsp3) is 0. The zero-order chi connectivity index (χ0) is 11.6. The first-order valence-corrected chi connectivity index (χ1v) is 3.71. The van der Waals surface area contributed by atoms with Crippen molar-refractivity contribution < 1.29 is 47.1 Å². The summed E-state index contributed by atoms with van der Waals surface area (Å²) in [5.74, 6) is -5.13. The van der Waals surface area contributed by atoms with E-state index in [4.69, 9.17) is 0 Å². The van der Waals surface area contributed by atoms with Gasteiger partial charge < -0.3 is 29.7 Å².